The minimum atomic E-state index is -0.232. The smallest absolute Gasteiger partial charge is 0.244 e. The zero-order valence-electron chi connectivity index (χ0n) is 12.1. The maximum atomic E-state index is 11.8. The first-order chi connectivity index (χ1) is 10.6. The van der Waals surface area contributed by atoms with Crippen molar-refractivity contribution >= 4 is 34.7 Å². The number of halogens is 1. The van der Waals surface area contributed by atoms with Gasteiger partial charge in [0.1, 0.15) is 5.76 Å². The second-order valence-electron chi connectivity index (χ2n) is 4.30. The molecule has 0 spiro atoms. The molecule has 0 bridgehead atoms. The summed E-state index contributed by atoms with van der Waals surface area (Å²) in [7, 11) is 3.12. The van der Waals surface area contributed by atoms with Gasteiger partial charge in [0.2, 0.25) is 5.91 Å². The summed E-state index contributed by atoms with van der Waals surface area (Å²) in [4.78, 5) is 11.8. The standard InChI is InChI=1S/C15H15IN2O4/c1-20-12-5-3-10(7-13(12)21-2)8-15(19)18-17-9-11-4-6-14(16)22-11/h3-7,9H,8H2,1-2H3,(H,18,19)/b17-9-. The van der Waals surface area contributed by atoms with Crippen LogP contribution in [0, 0.1) is 3.77 Å². The molecule has 0 aliphatic heterocycles. The van der Waals surface area contributed by atoms with Gasteiger partial charge in [0.05, 0.1) is 26.9 Å². The van der Waals surface area contributed by atoms with Gasteiger partial charge in [-0.3, -0.25) is 4.79 Å². The van der Waals surface area contributed by atoms with Crippen molar-refractivity contribution in [2.24, 2.45) is 5.10 Å². The monoisotopic (exact) mass is 414 g/mol. The lowest BCUT2D eigenvalue weighted by Crippen LogP contribution is -2.19. The van der Waals surface area contributed by atoms with Crippen molar-refractivity contribution < 1.29 is 18.7 Å². The second-order valence-corrected chi connectivity index (χ2v) is 5.36. The number of methoxy groups -OCH3 is 2. The summed E-state index contributed by atoms with van der Waals surface area (Å²) >= 11 is 2.06. The quantitative estimate of drug-likeness (QED) is 0.448. The number of nitrogens with zero attached hydrogens (tertiary/aromatic N) is 1. The number of furan rings is 1. The van der Waals surface area contributed by atoms with Gasteiger partial charge in [0, 0.05) is 0 Å². The first kappa shape index (κ1) is 16.3. The molecule has 2 rings (SSSR count). The minimum absolute atomic E-state index is 0.188. The third-order valence-corrected chi connectivity index (χ3v) is 3.37. The van der Waals surface area contributed by atoms with E-state index in [4.69, 9.17) is 13.9 Å². The molecule has 0 radical (unpaired) electrons. The third kappa shape index (κ3) is 4.48. The number of hydrazone groups is 1. The molecule has 0 aliphatic rings. The molecule has 0 fully saturated rings. The van der Waals surface area contributed by atoms with E-state index in [0.29, 0.717) is 17.3 Å². The predicted molar refractivity (Wildman–Crippen MR) is 90.4 cm³/mol. The van der Waals surface area contributed by atoms with E-state index in [2.05, 4.69) is 33.1 Å². The van der Waals surface area contributed by atoms with E-state index in [-0.39, 0.29) is 12.3 Å². The van der Waals surface area contributed by atoms with Crippen molar-refractivity contribution in [3.8, 4) is 11.5 Å². The van der Waals surface area contributed by atoms with Crippen LogP contribution in [0.2, 0.25) is 0 Å². The third-order valence-electron chi connectivity index (χ3n) is 2.79. The van der Waals surface area contributed by atoms with Crippen molar-refractivity contribution in [1.29, 1.82) is 0 Å². The van der Waals surface area contributed by atoms with Gasteiger partial charge in [-0.25, -0.2) is 5.43 Å². The number of ether oxygens (including phenoxy) is 2. The summed E-state index contributed by atoms with van der Waals surface area (Å²) in [6.07, 6.45) is 1.64. The molecule has 22 heavy (non-hydrogen) atoms. The van der Waals surface area contributed by atoms with Crippen LogP contribution in [0.15, 0.2) is 39.9 Å². The zero-order valence-corrected chi connectivity index (χ0v) is 14.3. The van der Waals surface area contributed by atoms with E-state index in [1.807, 2.05) is 6.07 Å². The number of carbonyl (C=O) groups excluding carboxylic acids is 1. The van der Waals surface area contributed by atoms with Gasteiger partial charge in [-0.15, -0.1) is 0 Å². The Bertz CT molecular complexity index is 682. The lowest BCUT2D eigenvalue weighted by Gasteiger charge is -2.09. The Morgan fingerprint density at radius 3 is 2.68 bits per heavy atom. The molecule has 1 amide bonds. The van der Waals surface area contributed by atoms with E-state index >= 15 is 0 Å². The van der Waals surface area contributed by atoms with Crippen LogP contribution in [-0.4, -0.2) is 26.3 Å². The van der Waals surface area contributed by atoms with Gasteiger partial charge in [-0.05, 0) is 52.4 Å². The Hall–Kier alpha value is -2.03. The minimum Gasteiger partial charge on any atom is -0.493 e. The lowest BCUT2D eigenvalue weighted by atomic mass is 10.1. The van der Waals surface area contributed by atoms with Crippen LogP contribution in [-0.2, 0) is 11.2 Å². The van der Waals surface area contributed by atoms with E-state index in [1.54, 1.807) is 38.5 Å². The van der Waals surface area contributed by atoms with Crippen molar-refractivity contribution in [1.82, 2.24) is 5.43 Å². The van der Waals surface area contributed by atoms with Crippen LogP contribution in [0.3, 0.4) is 0 Å². The molecular weight excluding hydrogens is 399 g/mol. The fourth-order valence-electron chi connectivity index (χ4n) is 1.78. The van der Waals surface area contributed by atoms with E-state index < -0.39 is 0 Å². The molecule has 0 saturated carbocycles. The summed E-state index contributed by atoms with van der Waals surface area (Å²) in [6, 6.07) is 8.91. The normalized spacial score (nSPS) is 10.7. The first-order valence-corrected chi connectivity index (χ1v) is 7.48. The van der Waals surface area contributed by atoms with Crippen LogP contribution in [0.1, 0.15) is 11.3 Å². The highest BCUT2D eigenvalue weighted by molar-refractivity contribution is 14.1. The fraction of sp³-hybridized carbons (Fsp3) is 0.200. The van der Waals surface area contributed by atoms with Crippen LogP contribution < -0.4 is 14.9 Å². The van der Waals surface area contributed by atoms with Crippen LogP contribution in [0.5, 0.6) is 11.5 Å². The topological polar surface area (TPSA) is 73.1 Å². The molecule has 6 nitrogen and oxygen atoms in total. The molecule has 2 aromatic rings. The average Bonchev–Trinajstić information content (AvgIpc) is 2.92. The number of rotatable bonds is 6. The van der Waals surface area contributed by atoms with Crippen molar-refractivity contribution in [3.63, 3.8) is 0 Å². The van der Waals surface area contributed by atoms with Gasteiger partial charge < -0.3 is 13.9 Å². The molecule has 0 saturated heterocycles. The number of hydrogen-bond acceptors (Lipinski definition) is 5. The second kappa shape index (κ2) is 7.83. The molecule has 7 heteroatoms. The molecule has 0 unspecified atom stereocenters. The molecule has 0 atom stereocenters. The summed E-state index contributed by atoms with van der Waals surface area (Å²) < 4.78 is 16.4. The number of amides is 1. The summed E-state index contributed by atoms with van der Waals surface area (Å²) in [5, 5.41) is 3.85. The SMILES string of the molecule is COc1ccc(CC(=O)N/N=C\c2ccc(I)o2)cc1OC. The van der Waals surface area contributed by atoms with E-state index in [9.17, 15) is 4.79 Å². The van der Waals surface area contributed by atoms with Gasteiger partial charge in [0.15, 0.2) is 15.3 Å². The van der Waals surface area contributed by atoms with Crippen LogP contribution in [0.4, 0.5) is 0 Å². The highest BCUT2D eigenvalue weighted by Gasteiger charge is 2.07. The summed E-state index contributed by atoms with van der Waals surface area (Å²) in [5.74, 6) is 1.55. The molecule has 1 aromatic carbocycles. The molecular formula is C15H15IN2O4. The largest absolute Gasteiger partial charge is 0.493 e. The zero-order chi connectivity index (χ0) is 15.9. The Balaban J connectivity index is 1.93. The van der Waals surface area contributed by atoms with Gasteiger partial charge in [-0.1, -0.05) is 6.07 Å². The highest BCUT2D eigenvalue weighted by atomic mass is 127. The fourth-order valence-corrected chi connectivity index (χ4v) is 2.22. The highest BCUT2D eigenvalue weighted by Crippen LogP contribution is 2.27. The van der Waals surface area contributed by atoms with E-state index in [0.717, 1.165) is 9.33 Å². The van der Waals surface area contributed by atoms with Gasteiger partial charge in [-0.2, -0.15) is 5.10 Å². The van der Waals surface area contributed by atoms with Crippen molar-refractivity contribution in [2.45, 2.75) is 6.42 Å². The molecule has 0 aliphatic carbocycles. The Morgan fingerprint density at radius 2 is 2.05 bits per heavy atom. The Kier molecular flexibility index (Phi) is 5.82. The molecule has 1 heterocycles. The van der Waals surface area contributed by atoms with Crippen LogP contribution in [0.25, 0.3) is 0 Å². The maximum Gasteiger partial charge on any atom is 0.244 e. The van der Waals surface area contributed by atoms with E-state index in [1.165, 1.54) is 6.21 Å². The van der Waals surface area contributed by atoms with Crippen LogP contribution >= 0.6 is 22.6 Å². The van der Waals surface area contributed by atoms with Crippen molar-refractivity contribution in [2.75, 3.05) is 14.2 Å². The van der Waals surface area contributed by atoms with Gasteiger partial charge in [0.25, 0.3) is 0 Å². The Labute approximate surface area is 141 Å². The predicted octanol–water partition coefficient (Wildman–Crippen LogP) is 2.59. The van der Waals surface area contributed by atoms with Crippen molar-refractivity contribution in [3.05, 3.63) is 45.4 Å². The first-order valence-electron chi connectivity index (χ1n) is 6.40. The Morgan fingerprint density at radius 1 is 1.27 bits per heavy atom. The molecule has 1 aromatic heterocycles. The average molecular weight is 414 g/mol. The summed E-state index contributed by atoms with van der Waals surface area (Å²) in [5.41, 5.74) is 3.25. The maximum absolute atomic E-state index is 11.8. The number of benzene rings is 1. The molecule has 116 valence electrons. The lowest BCUT2D eigenvalue weighted by molar-refractivity contribution is -0.120. The van der Waals surface area contributed by atoms with Gasteiger partial charge >= 0.3 is 0 Å². The number of hydrogen-bond donors (Lipinski definition) is 1. The summed E-state index contributed by atoms with van der Waals surface area (Å²) in [6.45, 7) is 0. The number of carbonyl (C=O) groups is 1. The number of nitrogens with one attached hydrogen (secondary N) is 1. The molecule has 1 N–H and O–H groups in total.